The number of unbranched alkanes of at least 4 members (excludes halogenated alkanes) is 2. The van der Waals surface area contributed by atoms with E-state index in [1.165, 1.54) is 36.1 Å². The van der Waals surface area contributed by atoms with Crippen LogP contribution in [-0.2, 0) is 5.88 Å². The van der Waals surface area contributed by atoms with E-state index in [1.807, 2.05) is 11.8 Å². The minimum Gasteiger partial charge on any atom is -0.195 e. The summed E-state index contributed by atoms with van der Waals surface area (Å²) >= 11 is 2.02. The van der Waals surface area contributed by atoms with Crippen LogP contribution in [0.1, 0.15) is 37.3 Å². The van der Waals surface area contributed by atoms with Gasteiger partial charge in [0.1, 0.15) is 0 Å². The molecule has 0 aliphatic heterocycles. The molecular weight excluding hydrogens is 202 g/mol. The number of aromatic nitrogens is 1. The highest BCUT2D eigenvalue weighted by atomic mass is 32.2. The van der Waals surface area contributed by atoms with Crippen LogP contribution in [0, 0.1) is 13.8 Å². The molecule has 0 fully saturated rings. The maximum absolute atomic E-state index is 2.28. The van der Waals surface area contributed by atoms with E-state index in [4.69, 9.17) is 0 Å². The van der Waals surface area contributed by atoms with Crippen molar-refractivity contribution in [3.8, 4) is 0 Å². The zero-order valence-electron chi connectivity index (χ0n) is 10.1. The Labute approximate surface area is 97.9 Å². The molecule has 1 aromatic heterocycles. The zero-order valence-corrected chi connectivity index (χ0v) is 10.9. The van der Waals surface area contributed by atoms with Gasteiger partial charge in [-0.05, 0) is 31.6 Å². The average molecular weight is 224 g/mol. The Bertz CT molecular complexity index is 297. The predicted octanol–water partition coefficient (Wildman–Crippen LogP) is 3.47. The second kappa shape index (κ2) is 6.89. The Hall–Kier alpha value is -0.500. The van der Waals surface area contributed by atoms with Crippen LogP contribution in [0.5, 0.6) is 0 Å². The Balaban J connectivity index is 2.28. The Kier molecular flexibility index (Phi) is 5.77. The first-order chi connectivity index (χ1) is 7.24. The van der Waals surface area contributed by atoms with E-state index in [1.54, 1.807) is 0 Å². The standard InChI is InChI=1S/C13H22NS/c1-4-5-6-9-15-11-14-8-7-12(2)13(3)10-14/h7-8,10H,4-6,9,11H2,1-3H3/q+1. The molecule has 0 aliphatic carbocycles. The molecule has 0 spiro atoms. The van der Waals surface area contributed by atoms with Crippen molar-refractivity contribution in [3.63, 3.8) is 0 Å². The molecule has 0 radical (unpaired) electrons. The molecule has 15 heavy (non-hydrogen) atoms. The highest BCUT2D eigenvalue weighted by Crippen LogP contribution is 2.07. The lowest BCUT2D eigenvalue weighted by atomic mass is 10.2. The molecule has 1 heterocycles. The van der Waals surface area contributed by atoms with Gasteiger partial charge in [0.2, 0.25) is 0 Å². The fourth-order valence-electron chi connectivity index (χ4n) is 1.44. The summed E-state index contributed by atoms with van der Waals surface area (Å²) in [6.07, 6.45) is 8.45. The first kappa shape index (κ1) is 12.6. The maximum Gasteiger partial charge on any atom is 0.194 e. The molecular formula is C13H22NS+. The lowest BCUT2D eigenvalue weighted by Gasteiger charge is -2.00. The number of pyridine rings is 1. The minimum atomic E-state index is 1.09. The van der Waals surface area contributed by atoms with Crippen molar-refractivity contribution in [2.24, 2.45) is 0 Å². The lowest BCUT2D eigenvalue weighted by molar-refractivity contribution is -0.676. The van der Waals surface area contributed by atoms with Crippen LogP contribution in [0.2, 0.25) is 0 Å². The zero-order chi connectivity index (χ0) is 11.1. The summed E-state index contributed by atoms with van der Waals surface area (Å²) in [5.41, 5.74) is 2.76. The van der Waals surface area contributed by atoms with Crippen molar-refractivity contribution >= 4 is 11.8 Å². The van der Waals surface area contributed by atoms with Gasteiger partial charge in [0, 0.05) is 11.6 Å². The number of hydrogen-bond donors (Lipinski definition) is 0. The number of thioether (sulfide) groups is 1. The second-order valence-corrected chi connectivity index (χ2v) is 5.14. The summed E-state index contributed by atoms with van der Waals surface area (Å²) in [6.45, 7) is 6.59. The van der Waals surface area contributed by atoms with Crippen LogP contribution in [0.25, 0.3) is 0 Å². The summed E-state index contributed by atoms with van der Waals surface area (Å²) in [6, 6.07) is 2.20. The quantitative estimate of drug-likeness (QED) is 0.528. The fourth-order valence-corrected chi connectivity index (χ4v) is 2.35. The van der Waals surface area contributed by atoms with E-state index in [-0.39, 0.29) is 0 Å². The first-order valence-corrected chi connectivity index (χ1v) is 6.93. The lowest BCUT2D eigenvalue weighted by Crippen LogP contribution is -2.31. The van der Waals surface area contributed by atoms with E-state index >= 15 is 0 Å². The van der Waals surface area contributed by atoms with Crippen LogP contribution in [0.15, 0.2) is 18.5 Å². The molecule has 0 aliphatic rings. The molecule has 1 nitrogen and oxygen atoms in total. The summed E-state index contributed by atoms with van der Waals surface area (Å²) in [5.74, 6) is 2.37. The van der Waals surface area contributed by atoms with Crippen molar-refractivity contribution in [3.05, 3.63) is 29.6 Å². The Morgan fingerprint density at radius 2 is 2.00 bits per heavy atom. The summed E-state index contributed by atoms with van der Waals surface area (Å²) in [5, 5.41) is 0. The molecule has 0 amide bonds. The van der Waals surface area contributed by atoms with E-state index in [0.29, 0.717) is 0 Å². The van der Waals surface area contributed by atoms with Crippen LogP contribution in [0.4, 0.5) is 0 Å². The highest BCUT2D eigenvalue weighted by Gasteiger charge is 2.02. The van der Waals surface area contributed by atoms with Gasteiger partial charge in [0.15, 0.2) is 18.3 Å². The van der Waals surface area contributed by atoms with Gasteiger partial charge in [-0.3, -0.25) is 0 Å². The maximum atomic E-state index is 2.28. The average Bonchev–Trinajstić information content (AvgIpc) is 2.23. The van der Waals surface area contributed by atoms with Crippen molar-refractivity contribution in [2.75, 3.05) is 5.75 Å². The van der Waals surface area contributed by atoms with Crippen LogP contribution in [-0.4, -0.2) is 5.75 Å². The SMILES string of the molecule is CCCCCSC[n+]1ccc(C)c(C)c1. The molecule has 0 saturated heterocycles. The van der Waals surface area contributed by atoms with Crippen LogP contribution >= 0.6 is 11.8 Å². The fraction of sp³-hybridized carbons (Fsp3) is 0.615. The van der Waals surface area contributed by atoms with E-state index in [0.717, 1.165) is 5.88 Å². The second-order valence-electron chi connectivity index (χ2n) is 4.07. The summed E-state index contributed by atoms with van der Waals surface area (Å²) in [4.78, 5) is 0. The van der Waals surface area contributed by atoms with Crippen molar-refractivity contribution in [1.29, 1.82) is 0 Å². The Morgan fingerprint density at radius 3 is 2.67 bits per heavy atom. The van der Waals surface area contributed by atoms with Gasteiger partial charge in [0.25, 0.3) is 0 Å². The van der Waals surface area contributed by atoms with E-state index in [9.17, 15) is 0 Å². The number of rotatable bonds is 6. The number of nitrogens with zero attached hydrogens (tertiary/aromatic N) is 1. The molecule has 0 bridgehead atoms. The van der Waals surface area contributed by atoms with E-state index in [2.05, 4.69) is 43.8 Å². The Morgan fingerprint density at radius 1 is 1.20 bits per heavy atom. The van der Waals surface area contributed by atoms with Crippen LogP contribution < -0.4 is 4.57 Å². The molecule has 1 aromatic rings. The number of hydrogen-bond acceptors (Lipinski definition) is 1. The third-order valence-electron chi connectivity index (χ3n) is 2.63. The monoisotopic (exact) mass is 224 g/mol. The molecule has 2 heteroatoms. The molecule has 1 rings (SSSR count). The first-order valence-electron chi connectivity index (χ1n) is 5.78. The van der Waals surface area contributed by atoms with Crippen molar-refractivity contribution in [2.45, 2.75) is 45.9 Å². The normalized spacial score (nSPS) is 10.6. The third-order valence-corrected chi connectivity index (χ3v) is 3.69. The molecule has 0 saturated carbocycles. The van der Waals surface area contributed by atoms with Gasteiger partial charge >= 0.3 is 0 Å². The number of aryl methyl sites for hydroxylation is 2. The molecule has 0 aromatic carbocycles. The topological polar surface area (TPSA) is 3.88 Å². The molecule has 0 unspecified atom stereocenters. The molecule has 0 N–H and O–H groups in total. The van der Waals surface area contributed by atoms with Crippen molar-refractivity contribution < 1.29 is 4.57 Å². The van der Waals surface area contributed by atoms with Gasteiger partial charge in [-0.15, -0.1) is 0 Å². The third kappa shape index (κ3) is 4.70. The van der Waals surface area contributed by atoms with Gasteiger partial charge in [-0.1, -0.05) is 31.5 Å². The molecule has 84 valence electrons. The summed E-state index contributed by atoms with van der Waals surface area (Å²) < 4.78 is 2.28. The highest BCUT2D eigenvalue weighted by molar-refractivity contribution is 7.98. The van der Waals surface area contributed by atoms with Gasteiger partial charge < -0.3 is 0 Å². The van der Waals surface area contributed by atoms with Crippen LogP contribution in [0.3, 0.4) is 0 Å². The summed E-state index contributed by atoms with van der Waals surface area (Å²) in [7, 11) is 0. The minimum absolute atomic E-state index is 1.09. The smallest absolute Gasteiger partial charge is 0.194 e. The largest absolute Gasteiger partial charge is 0.195 e. The van der Waals surface area contributed by atoms with Crippen molar-refractivity contribution in [1.82, 2.24) is 0 Å². The van der Waals surface area contributed by atoms with Gasteiger partial charge in [-0.25, -0.2) is 0 Å². The van der Waals surface area contributed by atoms with Gasteiger partial charge in [-0.2, -0.15) is 4.57 Å². The molecule has 0 atom stereocenters. The predicted molar refractivity (Wildman–Crippen MR) is 68.1 cm³/mol. The van der Waals surface area contributed by atoms with E-state index < -0.39 is 0 Å². The van der Waals surface area contributed by atoms with Gasteiger partial charge in [0.05, 0.1) is 0 Å².